The van der Waals surface area contributed by atoms with Gasteiger partial charge in [-0.25, -0.2) is 0 Å². The molecule has 0 fully saturated rings. The van der Waals surface area contributed by atoms with E-state index in [1.165, 1.54) is 4.90 Å². The van der Waals surface area contributed by atoms with Crippen LogP contribution in [-0.4, -0.2) is 40.6 Å². The maximum atomic E-state index is 12.9. The average molecular weight is 419 g/mol. The van der Waals surface area contributed by atoms with Gasteiger partial charge in [0.25, 0.3) is 11.8 Å². The first-order chi connectivity index (χ1) is 14.6. The normalized spacial score (nSPS) is 13.0. The number of hydrogen-bond donors (Lipinski definition) is 0. The molecule has 0 N–H and O–H groups in total. The van der Waals surface area contributed by atoms with Gasteiger partial charge in [-0.05, 0) is 35.4 Å². The van der Waals surface area contributed by atoms with E-state index in [1.54, 1.807) is 34.4 Å². The third kappa shape index (κ3) is 3.78. The summed E-state index contributed by atoms with van der Waals surface area (Å²) in [6, 6.07) is 14.9. The van der Waals surface area contributed by atoms with E-state index in [0.29, 0.717) is 30.6 Å². The Hall–Kier alpha value is -3.25. The maximum absolute atomic E-state index is 12.9. The lowest BCUT2D eigenvalue weighted by molar-refractivity contribution is -0.131. The fraction of sp³-hybridized carbons (Fsp3) is 0.208. The largest absolute Gasteiger partial charge is 0.334 e. The number of carbonyl (C=O) groups is 3. The fourth-order valence-corrected chi connectivity index (χ4v) is 4.55. The maximum Gasteiger partial charge on any atom is 0.261 e. The molecule has 6 heteroatoms. The van der Waals surface area contributed by atoms with Gasteiger partial charge in [0, 0.05) is 40.9 Å². The van der Waals surface area contributed by atoms with Crippen molar-refractivity contribution < 1.29 is 14.4 Å². The van der Waals surface area contributed by atoms with Gasteiger partial charge in [-0.3, -0.25) is 19.3 Å². The minimum absolute atomic E-state index is 0.0114. The minimum atomic E-state index is -0.293. The number of carbonyl (C=O) groups excluding carboxylic acids is 3. The molecule has 1 aliphatic rings. The van der Waals surface area contributed by atoms with Crippen LogP contribution >= 0.6 is 11.3 Å². The summed E-state index contributed by atoms with van der Waals surface area (Å²) >= 11 is 1.61. The number of benzene rings is 2. The molecule has 0 unspecified atom stereocenters. The zero-order valence-corrected chi connectivity index (χ0v) is 17.4. The van der Waals surface area contributed by atoms with E-state index in [-0.39, 0.29) is 30.7 Å². The van der Waals surface area contributed by atoms with Gasteiger partial charge in [0.05, 0.1) is 6.54 Å². The van der Waals surface area contributed by atoms with E-state index in [4.69, 9.17) is 0 Å². The summed E-state index contributed by atoms with van der Waals surface area (Å²) in [7, 11) is 0. The first-order valence-corrected chi connectivity index (χ1v) is 10.8. The van der Waals surface area contributed by atoms with Crippen molar-refractivity contribution in [1.29, 1.82) is 0 Å². The molecule has 152 valence electrons. The van der Waals surface area contributed by atoms with Crippen LogP contribution in [0.3, 0.4) is 0 Å². The van der Waals surface area contributed by atoms with E-state index < -0.39 is 0 Å². The predicted octanol–water partition coefficient (Wildman–Crippen LogP) is 4.49. The van der Waals surface area contributed by atoms with E-state index in [2.05, 4.69) is 6.58 Å². The van der Waals surface area contributed by atoms with E-state index in [9.17, 15) is 14.4 Å². The summed E-state index contributed by atoms with van der Waals surface area (Å²) in [6.45, 7) is 4.96. The molecule has 0 atom stereocenters. The molecule has 0 aliphatic carbocycles. The number of nitrogens with zero attached hydrogens (tertiary/aromatic N) is 2. The van der Waals surface area contributed by atoms with Crippen LogP contribution in [0.4, 0.5) is 0 Å². The molecule has 3 aromatic rings. The number of imide groups is 1. The van der Waals surface area contributed by atoms with Crippen molar-refractivity contribution in [3.63, 3.8) is 0 Å². The van der Waals surface area contributed by atoms with Crippen molar-refractivity contribution >= 4 is 39.8 Å². The van der Waals surface area contributed by atoms with E-state index in [1.807, 2.05) is 41.8 Å². The Labute approximate surface area is 179 Å². The van der Waals surface area contributed by atoms with Crippen LogP contribution in [0, 0.1) is 0 Å². The molecule has 0 spiro atoms. The second-order valence-electron chi connectivity index (χ2n) is 7.22. The van der Waals surface area contributed by atoms with Crippen molar-refractivity contribution in [3.05, 3.63) is 82.6 Å². The van der Waals surface area contributed by atoms with Crippen LogP contribution in [0.1, 0.15) is 38.4 Å². The van der Waals surface area contributed by atoms with Crippen molar-refractivity contribution in [3.8, 4) is 0 Å². The van der Waals surface area contributed by atoms with Gasteiger partial charge in [0.15, 0.2) is 0 Å². The molecule has 0 bridgehead atoms. The standard InChI is InChI=1S/C24H22N2O3S/c1-2-13-25(16-18-9-6-15-30-18)21(27)12-5-14-26-23(28)19-10-3-7-17-8-4-11-20(22(17)19)24(26)29/h2-4,6-11,15H,1,5,12-14,16H2. The van der Waals surface area contributed by atoms with Gasteiger partial charge >= 0.3 is 0 Å². The molecular formula is C24H22N2O3S. The summed E-state index contributed by atoms with van der Waals surface area (Å²) in [6.07, 6.45) is 2.40. The van der Waals surface area contributed by atoms with Crippen LogP contribution in [0.25, 0.3) is 10.8 Å². The molecule has 0 saturated carbocycles. The molecular weight excluding hydrogens is 396 g/mol. The summed E-state index contributed by atoms with van der Waals surface area (Å²) in [4.78, 5) is 42.7. The number of hydrogen-bond acceptors (Lipinski definition) is 4. The molecule has 30 heavy (non-hydrogen) atoms. The minimum Gasteiger partial charge on any atom is -0.334 e. The topological polar surface area (TPSA) is 57.7 Å². The lowest BCUT2D eigenvalue weighted by atomic mass is 9.94. The Morgan fingerprint density at radius 1 is 1.03 bits per heavy atom. The summed E-state index contributed by atoms with van der Waals surface area (Å²) < 4.78 is 0. The zero-order chi connectivity index (χ0) is 21.1. The lowest BCUT2D eigenvalue weighted by Gasteiger charge is -2.27. The zero-order valence-electron chi connectivity index (χ0n) is 16.5. The number of amides is 3. The molecule has 1 aliphatic heterocycles. The van der Waals surface area contributed by atoms with E-state index >= 15 is 0 Å². The summed E-state index contributed by atoms with van der Waals surface area (Å²) in [5, 5.41) is 3.59. The molecule has 4 rings (SSSR count). The van der Waals surface area contributed by atoms with Crippen molar-refractivity contribution in [1.82, 2.24) is 9.80 Å². The van der Waals surface area contributed by atoms with Gasteiger partial charge in [-0.2, -0.15) is 0 Å². The van der Waals surface area contributed by atoms with Gasteiger partial charge in [-0.1, -0.05) is 36.4 Å². The number of rotatable bonds is 8. The molecule has 0 radical (unpaired) electrons. The molecule has 5 nitrogen and oxygen atoms in total. The lowest BCUT2D eigenvalue weighted by Crippen LogP contribution is -2.41. The Bertz CT molecular complexity index is 1070. The van der Waals surface area contributed by atoms with Gasteiger partial charge in [0.1, 0.15) is 0 Å². The monoisotopic (exact) mass is 418 g/mol. The number of thiophene rings is 1. The Morgan fingerprint density at radius 2 is 1.73 bits per heavy atom. The quantitative estimate of drug-likeness (QED) is 0.400. The fourth-order valence-electron chi connectivity index (χ4n) is 3.83. The van der Waals surface area contributed by atoms with Gasteiger partial charge in [0.2, 0.25) is 5.91 Å². The Morgan fingerprint density at radius 3 is 2.33 bits per heavy atom. The molecule has 3 amide bonds. The van der Waals surface area contributed by atoms with Crippen LogP contribution < -0.4 is 0 Å². The molecule has 2 heterocycles. The third-order valence-electron chi connectivity index (χ3n) is 5.26. The van der Waals surface area contributed by atoms with Crippen molar-refractivity contribution in [2.75, 3.05) is 13.1 Å². The molecule has 1 aromatic heterocycles. The predicted molar refractivity (Wildman–Crippen MR) is 118 cm³/mol. The van der Waals surface area contributed by atoms with E-state index in [0.717, 1.165) is 15.6 Å². The highest BCUT2D eigenvalue weighted by atomic mass is 32.1. The van der Waals surface area contributed by atoms with Crippen molar-refractivity contribution in [2.24, 2.45) is 0 Å². The second-order valence-corrected chi connectivity index (χ2v) is 8.25. The smallest absolute Gasteiger partial charge is 0.261 e. The van der Waals surface area contributed by atoms with Crippen LogP contribution in [0.2, 0.25) is 0 Å². The third-order valence-corrected chi connectivity index (χ3v) is 6.12. The first kappa shape index (κ1) is 20.0. The highest BCUT2D eigenvalue weighted by molar-refractivity contribution is 7.09. The van der Waals surface area contributed by atoms with Gasteiger partial charge in [-0.15, -0.1) is 17.9 Å². The summed E-state index contributed by atoms with van der Waals surface area (Å²) in [5.41, 5.74) is 1.08. The Balaban J connectivity index is 1.43. The SMILES string of the molecule is C=CCN(Cc1cccs1)C(=O)CCCN1C(=O)c2cccc3cccc(c23)C1=O. The molecule has 0 saturated heterocycles. The highest BCUT2D eigenvalue weighted by Gasteiger charge is 2.32. The second kappa shape index (κ2) is 8.63. The van der Waals surface area contributed by atoms with Gasteiger partial charge < -0.3 is 4.90 Å². The van der Waals surface area contributed by atoms with Crippen LogP contribution in [0.5, 0.6) is 0 Å². The van der Waals surface area contributed by atoms with Crippen LogP contribution in [-0.2, 0) is 11.3 Å². The Kier molecular flexibility index (Phi) is 5.77. The highest BCUT2D eigenvalue weighted by Crippen LogP contribution is 2.30. The first-order valence-electron chi connectivity index (χ1n) is 9.89. The average Bonchev–Trinajstić information content (AvgIpc) is 3.27. The van der Waals surface area contributed by atoms with Crippen LogP contribution in [0.15, 0.2) is 66.6 Å². The summed E-state index contributed by atoms with van der Waals surface area (Å²) in [5.74, 6) is -0.598. The van der Waals surface area contributed by atoms with Crippen molar-refractivity contribution in [2.45, 2.75) is 19.4 Å². The molecule has 2 aromatic carbocycles.